The summed E-state index contributed by atoms with van der Waals surface area (Å²) >= 11 is 0. The van der Waals surface area contributed by atoms with Gasteiger partial charge in [-0.05, 0) is 25.2 Å². The van der Waals surface area contributed by atoms with E-state index in [0.29, 0.717) is 25.4 Å². The lowest BCUT2D eigenvalue weighted by molar-refractivity contribution is -0.121. The van der Waals surface area contributed by atoms with E-state index in [4.69, 9.17) is 0 Å². The summed E-state index contributed by atoms with van der Waals surface area (Å²) < 4.78 is 24.6. The maximum atomic E-state index is 11.6. The maximum absolute atomic E-state index is 11.6. The van der Waals surface area contributed by atoms with Crippen molar-refractivity contribution in [2.24, 2.45) is 5.92 Å². The Kier molecular flexibility index (Phi) is 5.39. The average molecular weight is 262 g/mol. The monoisotopic (exact) mass is 262 g/mol. The summed E-state index contributed by atoms with van der Waals surface area (Å²) in [6.07, 6.45) is 2.46. The van der Waals surface area contributed by atoms with Crippen molar-refractivity contribution in [3.05, 3.63) is 0 Å². The second-order valence-electron chi connectivity index (χ2n) is 4.89. The molecule has 0 saturated carbocycles. The van der Waals surface area contributed by atoms with Crippen LogP contribution in [0, 0.1) is 5.92 Å². The molecule has 1 fully saturated rings. The molecule has 0 aromatic heterocycles. The van der Waals surface area contributed by atoms with Crippen molar-refractivity contribution in [2.75, 3.05) is 25.4 Å². The Morgan fingerprint density at radius 3 is 2.65 bits per heavy atom. The molecule has 5 nitrogen and oxygen atoms in total. The quantitative estimate of drug-likeness (QED) is 0.788. The van der Waals surface area contributed by atoms with Gasteiger partial charge in [0, 0.05) is 13.1 Å². The fraction of sp³-hybridized carbons (Fsp3) is 0.909. The van der Waals surface area contributed by atoms with Crippen LogP contribution in [0.2, 0.25) is 0 Å². The van der Waals surface area contributed by atoms with Crippen molar-refractivity contribution < 1.29 is 13.2 Å². The second kappa shape index (κ2) is 6.35. The Labute approximate surface area is 104 Å². The van der Waals surface area contributed by atoms with E-state index < -0.39 is 10.0 Å². The Morgan fingerprint density at radius 2 is 2.06 bits per heavy atom. The molecule has 0 aromatic carbocycles. The number of hydrogen-bond donors (Lipinski definition) is 1. The first-order chi connectivity index (χ1) is 7.92. The predicted octanol–water partition coefficient (Wildman–Crippen LogP) is 0.574. The van der Waals surface area contributed by atoms with E-state index in [1.165, 1.54) is 4.31 Å². The summed E-state index contributed by atoms with van der Waals surface area (Å²) in [5.41, 5.74) is 0. The molecule has 1 aliphatic rings. The molecule has 1 saturated heterocycles. The third-order valence-corrected chi connectivity index (χ3v) is 4.72. The second-order valence-corrected chi connectivity index (χ2v) is 6.98. The molecule has 0 aliphatic carbocycles. The van der Waals surface area contributed by atoms with E-state index in [-0.39, 0.29) is 18.2 Å². The van der Waals surface area contributed by atoms with Crippen LogP contribution in [0.25, 0.3) is 0 Å². The largest absolute Gasteiger partial charge is 0.355 e. The smallest absolute Gasteiger partial charge is 0.235 e. The van der Waals surface area contributed by atoms with Gasteiger partial charge >= 0.3 is 0 Å². The molecular weight excluding hydrogens is 240 g/mol. The number of carbonyl (C=O) groups excluding carboxylic acids is 1. The van der Waals surface area contributed by atoms with E-state index in [1.54, 1.807) is 0 Å². The Hall–Kier alpha value is -0.620. The summed E-state index contributed by atoms with van der Waals surface area (Å²) in [5.74, 6) is 0.511. The van der Waals surface area contributed by atoms with Gasteiger partial charge in [-0.1, -0.05) is 13.8 Å². The fourth-order valence-corrected chi connectivity index (χ4v) is 3.28. The number of sulfonamides is 1. The molecule has 1 heterocycles. The number of rotatable bonds is 5. The van der Waals surface area contributed by atoms with Gasteiger partial charge in [-0.15, -0.1) is 0 Å². The van der Waals surface area contributed by atoms with E-state index in [1.807, 2.05) is 0 Å². The molecule has 1 N–H and O–H groups in total. The molecule has 0 atom stereocenters. The molecule has 0 radical (unpaired) electrons. The molecule has 1 amide bonds. The van der Waals surface area contributed by atoms with Crippen LogP contribution in [-0.4, -0.2) is 44.0 Å². The Balaban J connectivity index is 2.35. The SMILES string of the molecule is CC(C)CCNC(=O)CN1CCCCS1(=O)=O. The molecular formula is C11H22N2O3S. The Morgan fingerprint density at radius 1 is 1.35 bits per heavy atom. The number of carbonyl (C=O) groups is 1. The minimum absolute atomic E-state index is 0.0274. The van der Waals surface area contributed by atoms with Crippen molar-refractivity contribution in [3.63, 3.8) is 0 Å². The zero-order valence-electron chi connectivity index (χ0n) is 10.6. The van der Waals surface area contributed by atoms with Crippen molar-refractivity contribution in [3.8, 4) is 0 Å². The summed E-state index contributed by atoms with van der Waals surface area (Å²) in [7, 11) is -3.19. The highest BCUT2D eigenvalue weighted by Gasteiger charge is 2.27. The van der Waals surface area contributed by atoms with Crippen LogP contribution >= 0.6 is 0 Å². The molecule has 0 unspecified atom stereocenters. The van der Waals surface area contributed by atoms with E-state index in [2.05, 4.69) is 19.2 Å². The number of hydrogen-bond acceptors (Lipinski definition) is 3. The lowest BCUT2D eigenvalue weighted by atomic mass is 10.1. The van der Waals surface area contributed by atoms with Crippen LogP contribution in [0.3, 0.4) is 0 Å². The maximum Gasteiger partial charge on any atom is 0.235 e. The number of nitrogens with zero attached hydrogens (tertiary/aromatic N) is 1. The van der Waals surface area contributed by atoms with Gasteiger partial charge < -0.3 is 5.32 Å². The Bertz CT molecular complexity index is 352. The predicted molar refractivity (Wildman–Crippen MR) is 67.1 cm³/mol. The molecule has 6 heteroatoms. The zero-order chi connectivity index (χ0) is 12.9. The molecule has 17 heavy (non-hydrogen) atoms. The van der Waals surface area contributed by atoms with E-state index in [9.17, 15) is 13.2 Å². The van der Waals surface area contributed by atoms with Crippen LogP contribution in [0.4, 0.5) is 0 Å². The summed E-state index contributed by atoms with van der Waals surface area (Å²) in [4.78, 5) is 11.6. The average Bonchev–Trinajstić information content (AvgIpc) is 2.20. The highest BCUT2D eigenvalue weighted by Crippen LogP contribution is 2.12. The minimum atomic E-state index is -3.19. The first-order valence-corrected chi connectivity index (χ1v) is 7.77. The van der Waals surface area contributed by atoms with Gasteiger partial charge in [0.25, 0.3) is 0 Å². The zero-order valence-corrected chi connectivity index (χ0v) is 11.4. The molecule has 0 bridgehead atoms. The van der Waals surface area contributed by atoms with E-state index >= 15 is 0 Å². The van der Waals surface area contributed by atoms with Crippen molar-refractivity contribution in [2.45, 2.75) is 33.1 Å². The molecule has 1 aliphatic heterocycles. The first kappa shape index (κ1) is 14.4. The lowest BCUT2D eigenvalue weighted by Crippen LogP contribution is -2.44. The van der Waals surface area contributed by atoms with Gasteiger partial charge in [-0.2, -0.15) is 4.31 Å². The third-order valence-electron chi connectivity index (χ3n) is 2.82. The van der Waals surface area contributed by atoms with Crippen LogP contribution in [0.5, 0.6) is 0 Å². The van der Waals surface area contributed by atoms with Gasteiger partial charge in [0.2, 0.25) is 15.9 Å². The van der Waals surface area contributed by atoms with Crippen LogP contribution < -0.4 is 5.32 Å². The fourth-order valence-electron chi connectivity index (χ4n) is 1.73. The molecule has 0 spiro atoms. The van der Waals surface area contributed by atoms with E-state index in [0.717, 1.165) is 12.8 Å². The van der Waals surface area contributed by atoms with Crippen molar-refractivity contribution >= 4 is 15.9 Å². The molecule has 0 aromatic rings. The van der Waals surface area contributed by atoms with Crippen molar-refractivity contribution in [1.82, 2.24) is 9.62 Å². The van der Waals surface area contributed by atoms with Crippen LogP contribution in [0.15, 0.2) is 0 Å². The topological polar surface area (TPSA) is 66.5 Å². The standard InChI is InChI=1S/C11H22N2O3S/c1-10(2)5-6-12-11(14)9-13-7-3-4-8-17(13,15)16/h10H,3-9H2,1-2H3,(H,12,14). The lowest BCUT2D eigenvalue weighted by Gasteiger charge is -2.25. The van der Waals surface area contributed by atoms with Crippen LogP contribution in [-0.2, 0) is 14.8 Å². The third kappa shape index (κ3) is 5.04. The first-order valence-electron chi connectivity index (χ1n) is 6.16. The summed E-state index contributed by atoms with van der Waals surface area (Å²) in [5, 5.41) is 2.75. The number of nitrogens with one attached hydrogen (secondary N) is 1. The molecule has 1 rings (SSSR count). The molecule has 100 valence electrons. The van der Waals surface area contributed by atoms with Gasteiger partial charge in [0.05, 0.1) is 12.3 Å². The van der Waals surface area contributed by atoms with Crippen LogP contribution in [0.1, 0.15) is 33.1 Å². The van der Waals surface area contributed by atoms with Crippen molar-refractivity contribution in [1.29, 1.82) is 0 Å². The minimum Gasteiger partial charge on any atom is -0.355 e. The normalized spacial score (nSPS) is 20.4. The van der Waals surface area contributed by atoms with Gasteiger partial charge in [-0.3, -0.25) is 4.79 Å². The van der Waals surface area contributed by atoms with Gasteiger partial charge in [0.1, 0.15) is 0 Å². The summed E-state index contributed by atoms with van der Waals surface area (Å²) in [6.45, 7) is 5.23. The highest BCUT2D eigenvalue weighted by atomic mass is 32.2. The number of amides is 1. The summed E-state index contributed by atoms with van der Waals surface area (Å²) in [6, 6.07) is 0. The van der Waals surface area contributed by atoms with Gasteiger partial charge in [0.15, 0.2) is 0 Å². The van der Waals surface area contributed by atoms with Gasteiger partial charge in [-0.25, -0.2) is 8.42 Å². The highest BCUT2D eigenvalue weighted by molar-refractivity contribution is 7.89.